The van der Waals surface area contributed by atoms with Gasteiger partial charge in [-0.15, -0.1) is 0 Å². The molecule has 1 saturated heterocycles. The summed E-state index contributed by atoms with van der Waals surface area (Å²) in [5.74, 6) is 1.34. The lowest BCUT2D eigenvalue weighted by atomic mass is 10.0. The first-order valence-electron chi connectivity index (χ1n) is 9.89. The molecule has 6 heteroatoms. The average molecular weight is 396 g/mol. The molecule has 1 aliphatic rings. The zero-order chi connectivity index (χ0) is 20.8. The van der Waals surface area contributed by atoms with Crippen molar-refractivity contribution >= 4 is 11.8 Å². The molecule has 154 valence electrons. The quantitative estimate of drug-likeness (QED) is 0.815. The Morgan fingerprint density at radius 2 is 1.76 bits per heavy atom. The maximum atomic E-state index is 12.5. The van der Waals surface area contributed by atoms with E-state index in [0.29, 0.717) is 18.7 Å². The van der Waals surface area contributed by atoms with Crippen molar-refractivity contribution in [2.24, 2.45) is 0 Å². The van der Waals surface area contributed by atoms with Crippen molar-refractivity contribution in [3.05, 3.63) is 59.2 Å². The Morgan fingerprint density at radius 1 is 1.07 bits per heavy atom. The molecule has 0 saturated carbocycles. The molecule has 3 rings (SSSR count). The molecule has 0 spiro atoms. The van der Waals surface area contributed by atoms with Crippen LogP contribution < -0.4 is 14.8 Å². The fourth-order valence-electron chi connectivity index (χ4n) is 3.48. The predicted octanol–water partition coefficient (Wildman–Crippen LogP) is 3.11. The van der Waals surface area contributed by atoms with E-state index in [1.165, 1.54) is 5.56 Å². The number of methoxy groups -OCH3 is 1. The Bertz CT molecular complexity index is 856. The third kappa shape index (κ3) is 5.50. The van der Waals surface area contributed by atoms with Crippen molar-refractivity contribution in [3.8, 4) is 11.5 Å². The van der Waals surface area contributed by atoms with Crippen LogP contribution in [0.2, 0.25) is 0 Å². The van der Waals surface area contributed by atoms with E-state index in [2.05, 4.69) is 5.32 Å². The predicted molar refractivity (Wildman–Crippen MR) is 111 cm³/mol. The summed E-state index contributed by atoms with van der Waals surface area (Å²) in [5.41, 5.74) is 2.80. The van der Waals surface area contributed by atoms with Gasteiger partial charge in [0.05, 0.1) is 7.11 Å². The lowest BCUT2D eigenvalue weighted by Gasteiger charge is -2.32. The lowest BCUT2D eigenvalue weighted by Crippen LogP contribution is -2.47. The Kier molecular flexibility index (Phi) is 6.75. The molecule has 0 unspecified atom stereocenters. The molecule has 1 fully saturated rings. The van der Waals surface area contributed by atoms with Crippen molar-refractivity contribution < 1.29 is 19.1 Å². The molecule has 0 atom stereocenters. The number of nitrogens with one attached hydrogen (secondary N) is 1. The fourth-order valence-corrected chi connectivity index (χ4v) is 3.48. The second kappa shape index (κ2) is 9.45. The van der Waals surface area contributed by atoms with Gasteiger partial charge in [-0.05, 0) is 62.6 Å². The van der Waals surface area contributed by atoms with E-state index < -0.39 is 0 Å². The van der Waals surface area contributed by atoms with Gasteiger partial charge in [0.15, 0.2) is 6.61 Å². The minimum absolute atomic E-state index is 0.0232. The summed E-state index contributed by atoms with van der Waals surface area (Å²) in [6.07, 6.45) is 1.47. The van der Waals surface area contributed by atoms with E-state index in [-0.39, 0.29) is 24.5 Å². The van der Waals surface area contributed by atoms with Gasteiger partial charge in [-0.3, -0.25) is 9.59 Å². The van der Waals surface area contributed by atoms with E-state index >= 15 is 0 Å². The summed E-state index contributed by atoms with van der Waals surface area (Å²) in [4.78, 5) is 26.7. The number of carbonyl (C=O) groups is 2. The number of rotatable bonds is 6. The Morgan fingerprint density at radius 3 is 2.38 bits per heavy atom. The Labute approximate surface area is 171 Å². The number of ether oxygens (including phenoxy) is 2. The third-order valence-electron chi connectivity index (χ3n) is 5.22. The summed E-state index contributed by atoms with van der Waals surface area (Å²) in [5, 5.41) is 3.05. The largest absolute Gasteiger partial charge is 0.497 e. The maximum Gasteiger partial charge on any atom is 0.260 e. The van der Waals surface area contributed by atoms with Crippen molar-refractivity contribution in [2.45, 2.75) is 32.7 Å². The standard InChI is InChI=1S/C23H28N2O4/c1-16-4-9-21(17(2)14-16)29-15-22(26)25-12-10-19(11-13-25)24-23(27)18-5-7-20(28-3)8-6-18/h4-9,14,19H,10-13,15H2,1-3H3,(H,24,27). The highest BCUT2D eigenvalue weighted by Gasteiger charge is 2.24. The fraction of sp³-hybridized carbons (Fsp3) is 0.391. The van der Waals surface area contributed by atoms with Gasteiger partial charge >= 0.3 is 0 Å². The number of hydrogen-bond donors (Lipinski definition) is 1. The molecule has 1 N–H and O–H groups in total. The van der Waals surface area contributed by atoms with Gasteiger partial charge in [0.2, 0.25) is 0 Å². The minimum atomic E-state index is -0.101. The van der Waals surface area contributed by atoms with E-state index in [1.807, 2.05) is 32.0 Å². The average Bonchev–Trinajstić information content (AvgIpc) is 2.73. The molecule has 0 bridgehead atoms. The molecule has 0 aromatic heterocycles. The summed E-state index contributed by atoms with van der Waals surface area (Å²) >= 11 is 0. The SMILES string of the molecule is COc1ccc(C(=O)NC2CCN(C(=O)COc3ccc(C)cc3C)CC2)cc1. The number of benzene rings is 2. The van der Waals surface area contributed by atoms with Crippen molar-refractivity contribution in [1.29, 1.82) is 0 Å². The second-order valence-corrected chi connectivity index (χ2v) is 7.41. The maximum absolute atomic E-state index is 12.5. The molecule has 0 radical (unpaired) electrons. The van der Waals surface area contributed by atoms with Gasteiger partial charge in [0, 0.05) is 24.7 Å². The molecule has 0 aliphatic carbocycles. The highest BCUT2D eigenvalue weighted by Crippen LogP contribution is 2.19. The van der Waals surface area contributed by atoms with Gasteiger partial charge in [-0.2, -0.15) is 0 Å². The number of amides is 2. The van der Waals surface area contributed by atoms with Gasteiger partial charge in [0.25, 0.3) is 11.8 Å². The number of carbonyl (C=O) groups excluding carboxylic acids is 2. The molecule has 1 heterocycles. The second-order valence-electron chi connectivity index (χ2n) is 7.41. The number of aryl methyl sites for hydroxylation is 2. The summed E-state index contributed by atoms with van der Waals surface area (Å²) in [6, 6.07) is 13.0. The van der Waals surface area contributed by atoms with Gasteiger partial charge in [0.1, 0.15) is 11.5 Å². The molecular weight excluding hydrogens is 368 g/mol. The van der Waals surface area contributed by atoms with Crippen LogP contribution in [0.25, 0.3) is 0 Å². The summed E-state index contributed by atoms with van der Waals surface area (Å²) < 4.78 is 10.8. The van der Waals surface area contributed by atoms with Gasteiger partial charge in [-0.25, -0.2) is 0 Å². The minimum Gasteiger partial charge on any atom is -0.497 e. The van der Waals surface area contributed by atoms with Crippen LogP contribution >= 0.6 is 0 Å². The first-order valence-corrected chi connectivity index (χ1v) is 9.89. The summed E-state index contributed by atoms with van der Waals surface area (Å²) in [6.45, 7) is 5.27. The molecule has 2 amide bonds. The van der Waals surface area contributed by atoms with Gasteiger partial charge in [-0.1, -0.05) is 17.7 Å². The molecule has 1 aliphatic heterocycles. The van der Waals surface area contributed by atoms with Crippen LogP contribution in [0.15, 0.2) is 42.5 Å². The van der Waals surface area contributed by atoms with Crippen LogP contribution in [0.5, 0.6) is 11.5 Å². The van der Waals surface area contributed by atoms with Crippen LogP contribution in [0, 0.1) is 13.8 Å². The highest BCUT2D eigenvalue weighted by molar-refractivity contribution is 5.94. The monoisotopic (exact) mass is 396 g/mol. The summed E-state index contributed by atoms with van der Waals surface area (Å²) in [7, 11) is 1.59. The van der Waals surface area contributed by atoms with Crippen LogP contribution in [0.3, 0.4) is 0 Å². The zero-order valence-corrected chi connectivity index (χ0v) is 17.2. The van der Waals surface area contributed by atoms with Crippen LogP contribution in [0.4, 0.5) is 0 Å². The number of hydrogen-bond acceptors (Lipinski definition) is 4. The van der Waals surface area contributed by atoms with Crippen LogP contribution in [0.1, 0.15) is 34.3 Å². The van der Waals surface area contributed by atoms with E-state index in [1.54, 1.807) is 36.3 Å². The Hall–Kier alpha value is -3.02. The van der Waals surface area contributed by atoms with E-state index in [0.717, 1.165) is 29.9 Å². The Balaban J connectivity index is 1.44. The van der Waals surface area contributed by atoms with Gasteiger partial charge < -0.3 is 19.7 Å². The van der Waals surface area contributed by atoms with E-state index in [9.17, 15) is 9.59 Å². The number of likely N-dealkylation sites (tertiary alicyclic amines) is 1. The molecule has 6 nitrogen and oxygen atoms in total. The molecular formula is C23H28N2O4. The van der Waals surface area contributed by atoms with Crippen LogP contribution in [-0.2, 0) is 4.79 Å². The number of nitrogens with zero attached hydrogens (tertiary/aromatic N) is 1. The molecule has 2 aromatic rings. The molecule has 29 heavy (non-hydrogen) atoms. The van der Waals surface area contributed by atoms with Crippen molar-refractivity contribution in [3.63, 3.8) is 0 Å². The van der Waals surface area contributed by atoms with E-state index in [4.69, 9.17) is 9.47 Å². The number of piperidine rings is 1. The van der Waals surface area contributed by atoms with Crippen molar-refractivity contribution in [1.82, 2.24) is 10.2 Å². The normalized spacial score (nSPS) is 14.4. The highest BCUT2D eigenvalue weighted by atomic mass is 16.5. The van der Waals surface area contributed by atoms with Crippen LogP contribution in [-0.4, -0.2) is 49.6 Å². The smallest absolute Gasteiger partial charge is 0.260 e. The first kappa shape index (κ1) is 20.7. The zero-order valence-electron chi connectivity index (χ0n) is 17.2. The third-order valence-corrected chi connectivity index (χ3v) is 5.22. The lowest BCUT2D eigenvalue weighted by molar-refractivity contribution is -0.134. The topological polar surface area (TPSA) is 67.9 Å². The molecule has 2 aromatic carbocycles. The van der Waals surface area contributed by atoms with Crippen molar-refractivity contribution in [2.75, 3.05) is 26.8 Å². The first-order chi connectivity index (χ1) is 14.0.